The molecule has 0 aliphatic heterocycles. The number of hydrogen-bond donors (Lipinski definition) is 1. The van der Waals surface area contributed by atoms with E-state index in [9.17, 15) is 4.79 Å². The maximum atomic E-state index is 11.8. The van der Waals surface area contributed by atoms with Crippen molar-refractivity contribution in [2.75, 3.05) is 27.2 Å². The van der Waals surface area contributed by atoms with Gasteiger partial charge in [0.05, 0.1) is 0 Å². The van der Waals surface area contributed by atoms with Crippen LogP contribution in [-0.4, -0.2) is 38.0 Å². The monoisotopic (exact) mass is 284 g/mol. The molecule has 0 unspecified atom stereocenters. The highest BCUT2D eigenvalue weighted by Crippen LogP contribution is 2.19. The van der Waals surface area contributed by atoms with E-state index < -0.39 is 0 Å². The second kappa shape index (κ2) is 6.01. The molecule has 0 saturated carbocycles. The van der Waals surface area contributed by atoms with Crippen molar-refractivity contribution in [3.05, 3.63) is 33.8 Å². The first kappa shape index (κ1) is 13.2. The van der Waals surface area contributed by atoms with Gasteiger partial charge in [0.15, 0.2) is 0 Å². The second-order valence-corrected chi connectivity index (χ2v) is 4.83. The van der Waals surface area contributed by atoms with E-state index >= 15 is 0 Å². The van der Waals surface area contributed by atoms with Crippen LogP contribution in [0.2, 0.25) is 0 Å². The van der Waals surface area contributed by atoms with Crippen molar-refractivity contribution in [1.29, 1.82) is 0 Å². The Hall–Kier alpha value is -0.870. The largest absolute Gasteiger partial charge is 0.351 e. The summed E-state index contributed by atoms with van der Waals surface area (Å²) in [4.78, 5) is 13.9. The number of nitrogens with zero attached hydrogens (tertiary/aromatic N) is 1. The van der Waals surface area contributed by atoms with Crippen LogP contribution in [0.4, 0.5) is 0 Å². The Labute approximate surface area is 105 Å². The number of benzene rings is 1. The van der Waals surface area contributed by atoms with Gasteiger partial charge < -0.3 is 10.2 Å². The third-order valence-electron chi connectivity index (χ3n) is 2.36. The lowest BCUT2D eigenvalue weighted by Gasteiger charge is -2.11. The Morgan fingerprint density at radius 3 is 2.75 bits per heavy atom. The van der Waals surface area contributed by atoms with Gasteiger partial charge in [0.25, 0.3) is 5.91 Å². The van der Waals surface area contributed by atoms with Gasteiger partial charge in [0.2, 0.25) is 0 Å². The predicted molar refractivity (Wildman–Crippen MR) is 69.8 cm³/mol. The molecular weight excluding hydrogens is 268 g/mol. The average molecular weight is 285 g/mol. The van der Waals surface area contributed by atoms with Crippen LogP contribution >= 0.6 is 15.9 Å². The molecule has 0 spiro atoms. The van der Waals surface area contributed by atoms with Crippen molar-refractivity contribution >= 4 is 21.8 Å². The fraction of sp³-hybridized carbons (Fsp3) is 0.417. The minimum atomic E-state index is -0.0133. The van der Waals surface area contributed by atoms with E-state index in [1.54, 1.807) is 0 Å². The van der Waals surface area contributed by atoms with Crippen molar-refractivity contribution in [3.8, 4) is 0 Å². The van der Waals surface area contributed by atoms with E-state index in [1.807, 2.05) is 44.1 Å². The highest BCUT2D eigenvalue weighted by molar-refractivity contribution is 9.10. The molecular formula is C12H17BrN2O. The molecule has 0 fully saturated rings. The standard InChI is InChI=1S/C12H17BrN2O/c1-9-10(5-4-6-11(9)13)12(16)14-7-8-15(2)3/h4-6H,7-8H2,1-3H3,(H,14,16). The highest BCUT2D eigenvalue weighted by Gasteiger charge is 2.09. The zero-order chi connectivity index (χ0) is 12.1. The lowest BCUT2D eigenvalue weighted by atomic mass is 10.1. The Morgan fingerprint density at radius 2 is 2.12 bits per heavy atom. The van der Waals surface area contributed by atoms with Crippen LogP contribution in [0.15, 0.2) is 22.7 Å². The quantitative estimate of drug-likeness (QED) is 0.918. The van der Waals surface area contributed by atoms with E-state index in [0.29, 0.717) is 6.54 Å². The van der Waals surface area contributed by atoms with Gasteiger partial charge in [-0.1, -0.05) is 22.0 Å². The molecule has 1 aromatic rings. The molecule has 0 bridgehead atoms. The Balaban J connectivity index is 2.63. The number of likely N-dealkylation sites (N-methyl/N-ethyl adjacent to an activating group) is 1. The third-order valence-corrected chi connectivity index (χ3v) is 3.22. The number of halogens is 1. The van der Waals surface area contributed by atoms with Crippen LogP contribution in [0, 0.1) is 6.92 Å². The van der Waals surface area contributed by atoms with Gasteiger partial charge in [-0.2, -0.15) is 0 Å². The maximum Gasteiger partial charge on any atom is 0.251 e. The SMILES string of the molecule is Cc1c(Br)cccc1C(=O)NCCN(C)C. The first-order valence-corrected chi connectivity index (χ1v) is 5.99. The van der Waals surface area contributed by atoms with Crippen LogP contribution < -0.4 is 5.32 Å². The van der Waals surface area contributed by atoms with Crippen LogP contribution in [0.1, 0.15) is 15.9 Å². The van der Waals surface area contributed by atoms with Crippen LogP contribution in [0.25, 0.3) is 0 Å². The summed E-state index contributed by atoms with van der Waals surface area (Å²) in [6, 6.07) is 5.65. The normalized spacial score (nSPS) is 10.6. The molecule has 0 heterocycles. The lowest BCUT2D eigenvalue weighted by Crippen LogP contribution is -2.31. The molecule has 1 N–H and O–H groups in total. The Kier molecular flexibility index (Phi) is 4.96. The van der Waals surface area contributed by atoms with Crippen molar-refractivity contribution in [3.63, 3.8) is 0 Å². The first-order chi connectivity index (χ1) is 7.52. The third kappa shape index (κ3) is 3.61. The maximum absolute atomic E-state index is 11.8. The molecule has 0 aromatic heterocycles. The lowest BCUT2D eigenvalue weighted by molar-refractivity contribution is 0.0950. The highest BCUT2D eigenvalue weighted by atomic mass is 79.9. The van der Waals surface area contributed by atoms with E-state index in [2.05, 4.69) is 21.2 Å². The number of rotatable bonds is 4. The summed E-state index contributed by atoms with van der Waals surface area (Å²) in [5, 5.41) is 2.90. The van der Waals surface area contributed by atoms with Crippen molar-refractivity contribution in [2.24, 2.45) is 0 Å². The first-order valence-electron chi connectivity index (χ1n) is 5.20. The van der Waals surface area contributed by atoms with Gasteiger partial charge in [-0.25, -0.2) is 0 Å². The summed E-state index contributed by atoms with van der Waals surface area (Å²) < 4.78 is 0.966. The Morgan fingerprint density at radius 1 is 1.44 bits per heavy atom. The van der Waals surface area contributed by atoms with Gasteiger partial charge in [0, 0.05) is 23.1 Å². The summed E-state index contributed by atoms with van der Waals surface area (Å²) in [5.41, 5.74) is 1.71. The molecule has 0 saturated heterocycles. The predicted octanol–water partition coefficient (Wildman–Crippen LogP) is 2.05. The number of amides is 1. The molecule has 0 aliphatic carbocycles. The molecule has 1 aromatic carbocycles. The fourth-order valence-electron chi connectivity index (χ4n) is 1.34. The topological polar surface area (TPSA) is 32.3 Å². The van der Waals surface area contributed by atoms with Gasteiger partial charge in [0.1, 0.15) is 0 Å². The van der Waals surface area contributed by atoms with Crippen LogP contribution in [0.5, 0.6) is 0 Å². The Bertz CT molecular complexity index is 377. The smallest absolute Gasteiger partial charge is 0.251 e. The number of carbonyl (C=O) groups is 1. The second-order valence-electron chi connectivity index (χ2n) is 3.97. The van der Waals surface area contributed by atoms with Crippen molar-refractivity contribution in [1.82, 2.24) is 10.2 Å². The zero-order valence-electron chi connectivity index (χ0n) is 9.88. The number of carbonyl (C=O) groups excluding carboxylic acids is 1. The minimum absolute atomic E-state index is 0.0133. The molecule has 0 aliphatic rings. The molecule has 0 atom stereocenters. The summed E-state index contributed by atoms with van der Waals surface area (Å²) in [5.74, 6) is -0.0133. The molecule has 4 heteroatoms. The van der Waals surface area contributed by atoms with Crippen LogP contribution in [0.3, 0.4) is 0 Å². The number of hydrogen-bond acceptors (Lipinski definition) is 2. The molecule has 1 amide bonds. The van der Waals surface area contributed by atoms with E-state index in [1.165, 1.54) is 0 Å². The van der Waals surface area contributed by atoms with Gasteiger partial charge in [-0.05, 0) is 38.7 Å². The zero-order valence-corrected chi connectivity index (χ0v) is 11.5. The summed E-state index contributed by atoms with van der Waals surface area (Å²) in [7, 11) is 3.97. The number of nitrogens with one attached hydrogen (secondary N) is 1. The fourth-order valence-corrected chi connectivity index (χ4v) is 1.71. The van der Waals surface area contributed by atoms with E-state index in [-0.39, 0.29) is 5.91 Å². The van der Waals surface area contributed by atoms with Crippen molar-refractivity contribution < 1.29 is 4.79 Å². The van der Waals surface area contributed by atoms with Crippen molar-refractivity contribution in [2.45, 2.75) is 6.92 Å². The molecule has 1 rings (SSSR count). The van der Waals surface area contributed by atoms with Gasteiger partial charge >= 0.3 is 0 Å². The molecule has 3 nitrogen and oxygen atoms in total. The molecule has 16 heavy (non-hydrogen) atoms. The van der Waals surface area contributed by atoms with Crippen LogP contribution in [-0.2, 0) is 0 Å². The summed E-state index contributed by atoms with van der Waals surface area (Å²) in [6.07, 6.45) is 0. The summed E-state index contributed by atoms with van der Waals surface area (Å²) >= 11 is 3.42. The summed E-state index contributed by atoms with van der Waals surface area (Å²) in [6.45, 7) is 3.45. The van der Waals surface area contributed by atoms with E-state index in [0.717, 1.165) is 22.1 Å². The molecule has 88 valence electrons. The van der Waals surface area contributed by atoms with E-state index in [4.69, 9.17) is 0 Å². The minimum Gasteiger partial charge on any atom is -0.351 e. The average Bonchev–Trinajstić information content (AvgIpc) is 2.21. The van der Waals surface area contributed by atoms with Gasteiger partial charge in [-0.3, -0.25) is 4.79 Å². The molecule has 0 radical (unpaired) electrons. The van der Waals surface area contributed by atoms with Gasteiger partial charge in [-0.15, -0.1) is 0 Å².